The van der Waals surface area contributed by atoms with Gasteiger partial charge in [-0.05, 0) is 69.8 Å². The van der Waals surface area contributed by atoms with Gasteiger partial charge in [0.2, 0.25) is 5.23 Å². The number of rotatable bonds is 4. The maximum absolute atomic E-state index is 13.9. The molecule has 2 amide bonds. The van der Waals surface area contributed by atoms with Gasteiger partial charge < -0.3 is 24.6 Å². The molecule has 2 fully saturated rings. The second kappa shape index (κ2) is 12.0. The lowest BCUT2D eigenvalue weighted by atomic mass is 10.0. The van der Waals surface area contributed by atoms with Crippen LogP contribution in [-0.4, -0.2) is 70.3 Å². The number of nitrogens with one attached hydrogen (secondary N) is 1. The molecule has 0 aliphatic carbocycles. The quantitative estimate of drug-likeness (QED) is 0.559. The van der Waals surface area contributed by atoms with Crippen molar-refractivity contribution >= 4 is 27.5 Å². The van der Waals surface area contributed by atoms with Crippen LogP contribution >= 0.6 is 10.9 Å². The molecule has 4 rings (SSSR count). The second-order valence-electron chi connectivity index (χ2n) is 10.6. The summed E-state index contributed by atoms with van der Waals surface area (Å²) in [7, 11) is -1.35. The first-order valence-corrected chi connectivity index (χ1v) is 14.3. The number of ether oxygens (including phenoxy) is 2. The summed E-state index contributed by atoms with van der Waals surface area (Å²) in [6.45, 7) is 8.92. The summed E-state index contributed by atoms with van der Waals surface area (Å²) in [6.07, 6.45) is 4.40. The molecule has 3 aliphatic rings. The van der Waals surface area contributed by atoms with E-state index in [1.54, 1.807) is 23.2 Å². The topological polar surface area (TPSA) is 107 Å². The Hall–Kier alpha value is -3.03. The third-order valence-electron chi connectivity index (χ3n) is 6.61. The molecule has 0 aromatic heterocycles. The van der Waals surface area contributed by atoms with Gasteiger partial charge in [-0.3, -0.25) is 4.79 Å². The summed E-state index contributed by atoms with van der Waals surface area (Å²) < 4.78 is 11.8. The number of nitrogens with zero attached hydrogens (tertiary/aromatic N) is 4. The highest BCUT2D eigenvalue weighted by molar-refractivity contribution is 8.43. The van der Waals surface area contributed by atoms with E-state index in [2.05, 4.69) is 16.4 Å². The molecule has 1 aromatic carbocycles. The molecule has 1 unspecified atom stereocenters. The number of likely N-dealkylation sites (tertiary alicyclic amines) is 1. The van der Waals surface area contributed by atoms with Crippen molar-refractivity contribution < 1.29 is 19.1 Å². The van der Waals surface area contributed by atoms with Gasteiger partial charge in [-0.1, -0.05) is 23.0 Å². The number of carbonyl (C=O) groups is 2. The van der Waals surface area contributed by atoms with E-state index in [0.717, 1.165) is 31.5 Å². The van der Waals surface area contributed by atoms with Crippen LogP contribution in [0.4, 0.5) is 9.59 Å². The minimum atomic E-state index is -1.35. The number of nitriles is 1. The summed E-state index contributed by atoms with van der Waals surface area (Å²) in [5, 5.41) is 14.9. The van der Waals surface area contributed by atoms with Crippen molar-refractivity contribution in [3.05, 3.63) is 47.0 Å². The Morgan fingerprint density at radius 1 is 1.16 bits per heavy atom. The molecule has 0 saturated carbocycles. The molecular weight excluding hydrogens is 490 g/mol. The Bertz CT molecular complexity index is 1060. The predicted octanol–water partition coefficient (Wildman–Crippen LogP) is 4.49. The van der Waals surface area contributed by atoms with Gasteiger partial charge in [0.25, 0.3) is 5.24 Å². The number of thiol groups is 1. The highest BCUT2D eigenvalue weighted by atomic mass is 32.2. The van der Waals surface area contributed by atoms with Crippen LogP contribution in [0.25, 0.3) is 0 Å². The number of aliphatic imine (C=N–C) groups is 1. The summed E-state index contributed by atoms with van der Waals surface area (Å²) in [4.78, 5) is 34.4. The highest BCUT2D eigenvalue weighted by Gasteiger charge is 2.34. The molecule has 1 N–H and O–H groups in total. The average molecular weight is 528 g/mol. The maximum Gasteiger partial charge on any atom is 0.410 e. The van der Waals surface area contributed by atoms with E-state index < -0.39 is 16.5 Å². The van der Waals surface area contributed by atoms with Crippen molar-refractivity contribution in [2.45, 2.75) is 70.7 Å². The molecule has 1 aromatic rings. The zero-order chi connectivity index (χ0) is 26.4. The standard InChI is InChI=1S/C27H37N5O4S/c1-27(2,3)36-25(33)31-15-10-23(11-16-31)35-24-30-14-17-37(24)26(34)32(22-8-12-29-13-9-22)19-21-6-4-20(18-28)5-7-21/h4-7,14,17,22-23,29,37H,8-13,15-16,19H2,1-3H3. The van der Waals surface area contributed by atoms with Crippen LogP contribution in [0.3, 0.4) is 0 Å². The third-order valence-corrected chi connectivity index (χ3v) is 8.34. The fourth-order valence-electron chi connectivity index (χ4n) is 4.65. The molecule has 200 valence electrons. The smallest absolute Gasteiger partial charge is 0.410 e. The first-order valence-electron chi connectivity index (χ1n) is 12.9. The first kappa shape index (κ1) is 27.0. The van der Waals surface area contributed by atoms with Gasteiger partial charge in [0.1, 0.15) is 11.7 Å². The van der Waals surface area contributed by atoms with Crippen LogP contribution in [0.15, 0.2) is 40.9 Å². The van der Waals surface area contributed by atoms with Crippen LogP contribution in [-0.2, 0) is 16.0 Å². The normalized spacial score (nSPS) is 21.7. The van der Waals surface area contributed by atoms with Crippen molar-refractivity contribution in [2.75, 3.05) is 26.2 Å². The fourth-order valence-corrected chi connectivity index (χ4v) is 6.23. The lowest BCUT2D eigenvalue weighted by Crippen LogP contribution is -2.46. The Balaban J connectivity index is 1.39. The Morgan fingerprint density at radius 3 is 2.46 bits per heavy atom. The highest BCUT2D eigenvalue weighted by Crippen LogP contribution is 2.40. The molecule has 3 heterocycles. The van der Waals surface area contributed by atoms with Gasteiger partial charge in [0.05, 0.1) is 11.6 Å². The van der Waals surface area contributed by atoms with Crippen molar-refractivity contribution in [3.63, 3.8) is 0 Å². The van der Waals surface area contributed by atoms with E-state index in [4.69, 9.17) is 14.7 Å². The van der Waals surface area contributed by atoms with Gasteiger partial charge in [-0.2, -0.15) is 5.26 Å². The summed E-state index contributed by atoms with van der Waals surface area (Å²) >= 11 is 0. The monoisotopic (exact) mass is 527 g/mol. The summed E-state index contributed by atoms with van der Waals surface area (Å²) in [5.74, 6) is 0. The van der Waals surface area contributed by atoms with E-state index in [1.807, 2.05) is 43.2 Å². The van der Waals surface area contributed by atoms with E-state index in [9.17, 15) is 9.59 Å². The zero-order valence-corrected chi connectivity index (χ0v) is 22.7. The van der Waals surface area contributed by atoms with Crippen molar-refractivity contribution in [1.29, 1.82) is 5.26 Å². The van der Waals surface area contributed by atoms with Gasteiger partial charge >= 0.3 is 6.09 Å². The molecule has 0 radical (unpaired) electrons. The minimum absolute atomic E-state index is 0.0463. The molecule has 9 nitrogen and oxygen atoms in total. The van der Waals surface area contributed by atoms with Gasteiger partial charge in [-0.15, -0.1) is 0 Å². The lowest BCUT2D eigenvalue weighted by molar-refractivity contribution is 0.0120. The fraction of sp³-hybridized carbons (Fsp3) is 0.556. The molecule has 37 heavy (non-hydrogen) atoms. The molecule has 10 heteroatoms. The SMILES string of the molecule is CC(C)(C)OC(=O)N1CCC(OC2=NC=C[SH]2C(=O)N(Cc2ccc(C#N)cc2)C2CCNCC2)CC1. The van der Waals surface area contributed by atoms with Crippen molar-refractivity contribution in [2.24, 2.45) is 4.99 Å². The molecule has 0 bridgehead atoms. The van der Waals surface area contributed by atoms with E-state index in [0.29, 0.717) is 43.3 Å². The average Bonchev–Trinajstić information content (AvgIpc) is 3.35. The molecule has 2 saturated heterocycles. The number of amides is 2. The van der Waals surface area contributed by atoms with Gasteiger partial charge in [0, 0.05) is 44.7 Å². The van der Waals surface area contributed by atoms with Crippen LogP contribution in [0.5, 0.6) is 0 Å². The van der Waals surface area contributed by atoms with E-state index in [1.165, 1.54) is 0 Å². The maximum atomic E-state index is 13.9. The number of piperidine rings is 2. The predicted molar refractivity (Wildman–Crippen MR) is 145 cm³/mol. The molecular formula is C27H37N5O4S. The van der Waals surface area contributed by atoms with Crippen LogP contribution < -0.4 is 5.32 Å². The Kier molecular flexibility index (Phi) is 8.77. The minimum Gasteiger partial charge on any atom is -0.470 e. The molecule has 1 atom stereocenters. The summed E-state index contributed by atoms with van der Waals surface area (Å²) in [5.41, 5.74) is 1.08. The first-order chi connectivity index (χ1) is 17.7. The van der Waals surface area contributed by atoms with E-state index in [-0.39, 0.29) is 23.5 Å². The second-order valence-corrected chi connectivity index (χ2v) is 12.4. The van der Waals surface area contributed by atoms with Crippen LogP contribution in [0.2, 0.25) is 0 Å². The zero-order valence-electron chi connectivity index (χ0n) is 21.9. The van der Waals surface area contributed by atoms with E-state index >= 15 is 0 Å². The van der Waals surface area contributed by atoms with Crippen molar-refractivity contribution in [3.8, 4) is 6.07 Å². The largest absolute Gasteiger partial charge is 0.470 e. The third kappa shape index (κ3) is 7.27. The van der Waals surface area contributed by atoms with Crippen molar-refractivity contribution in [1.82, 2.24) is 15.1 Å². The number of benzene rings is 1. The Labute approximate surface area is 221 Å². The summed E-state index contributed by atoms with van der Waals surface area (Å²) in [6, 6.07) is 9.71. The molecule has 0 spiro atoms. The lowest BCUT2D eigenvalue weighted by Gasteiger charge is -2.37. The van der Waals surface area contributed by atoms with Crippen LogP contribution in [0, 0.1) is 11.3 Å². The molecule has 3 aliphatic heterocycles. The number of hydrogen-bond acceptors (Lipinski definition) is 7. The van der Waals surface area contributed by atoms with Gasteiger partial charge in [-0.25, -0.2) is 9.79 Å². The van der Waals surface area contributed by atoms with Gasteiger partial charge in [0.15, 0.2) is 0 Å². The number of hydrogen-bond donors (Lipinski definition) is 2. The number of carbonyl (C=O) groups excluding carboxylic acids is 2. The van der Waals surface area contributed by atoms with Crippen LogP contribution in [0.1, 0.15) is 57.6 Å². The Morgan fingerprint density at radius 2 is 1.84 bits per heavy atom.